The van der Waals surface area contributed by atoms with Crippen molar-refractivity contribution in [2.75, 3.05) is 16.8 Å². The van der Waals surface area contributed by atoms with Crippen molar-refractivity contribution in [2.24, 2.45) is 5.92 Å². The number of aliphatic carboxylic acids is 1. The van der Waals surface area contributed by atoms with Gasteiger partial charge in [-0.15, -0.1) is 0 Å². The predicted octanol–water partition coefficient (Wildman–Crippen LogP) is 2.25. The maximum Gasteiger partial charge on any atom is 0.308 e. The van der Waals surface area contributed by atoms with E-state index in [2.05, 4.69) is 5.32 Å². The molecule has 2 amide bonds. The average molecular weight is 304 g/mol. The lowest BCUT2D eigenvalue weighted by Gasteiger charge is -2.17. The fraction of sp³-hybridized carbons (Fsp3) is 0.438. The molecule has 2 N–H and O–H groups in total. The van der Waals surface area contributed by atoms with Gasteiger partial charge >= 0.3 is 5.97 Å². The highest BCUT2D eigenvalue weighted by molar-refractivity contribution is 6.00. The largest absolute Gasteiger partial charge is 0.481 e. The first kappa shape index (κ1) is 16.0. The van der Waals surface area contributed by atoms with Gasteiger partial charge in [0.25, 0.3) is 0 Å². The third kappa shape index (κ3) is 3.84. The van der Waals surface area contributed by atoms with Crippen LogP contribution in [0.3, 0.4) is 0 Å². The molecule has 0 aromatic heterocycles. The minimum Gasteiger partial charge on any atom is -0.481 e. The lowest BCUT2D eigenvalue weighted by atomic mass is 10.1. The quantitative estimate of drug-likeness (QED) is 0.844. The smallest absolute Gasteiger partial charge is 0.308 e. The van der Waals surface area contributed by atoms with E-state index in [1.54, 1.807) is 24.3 Å². The van der Waals surface area contributed by atoms with Gasteiger partial charge in [-0.05, 0) is 24.6 Å². The zero-order valence-corrected chi connectivity index (χ0v) is 12.5. The van der Waals surface area contributed by atoms with Gasteiger partial charge in [0.15, 0.2) is 0 Å². The maximum atomic E-state index is 11.9. The molecule has 1 heterocycles. The van der Waals surface area contributed by atoms with E-state index in [9.17, 15) is 14.4 Å². The number of carbonyl (C=O) groups excluding carboxylic acids is 2. The number of benzene rings is 1. The Morgan fingerprint density at radius 1 is 1.41 bits per heavy atom. The molecular formula is C16H20N2O4. The number of hydrogen-bond acceptors (Lipinski definition) is 3. The van der Waals surface area contributed by atoms with Crippen molar-refractivity contribution in [3.8, 4) is 0 Å². The van der Waals surface area contributed by atoms with E-state index >= 15 is 0 Å². The van der Waals surface area contributed by atoms with Crippen LogP contribution in [0.15, 0.2) is 24.3 Å². The molecule has 0 bridgehead atoms. The van der Waals surface area contributed by atoms with E-state index in [0.29, 0.717) is 17.8 Å². The number of amides is 2. The third-order valence-electron chi connectivity index (χ3n) is 3.67. The van der Waals surface area contributed by atoms with E-state index in [1.807, 2.05) is 6.92 Å². The Labute approximate surface area is 129 Å². The topological polar surface area (TPSA) is 86.7 Å². The highest BCUT2D eigenvalue weighted by Gasteiger charge is 2.35. The predicted molar refractivity (Wildman–Crippen MR) is 82.7 cm³/mol. The van der Waals surface area contributed by atoms with E-state index < -0.39 is 11.9 Å². The number of unbranched alkanes of at least 4 members (excludes halogenated alkanes) is 1. The number of carboxylic acids is 1. The molecule has 1 atom stereocenters. The molecule has 0 saturated carbocycles. The summed E-state index contributed by atoms with van der Waals surface area (Å²) in [6.07, 6.45) is 2.26. The first-order valence-corrected chi connectivity index (χ1v) is 7.44. The van der Waals surface area contributed by atoms with Crippen molar-refractivity contribution >= 4 is 29.2 Å². The van der Waals surface area contributed by atoms with Gasteiger partial charge in [-0.1, -0.05) is 19.4 Å². The van der Waals surface area contributed by atoms with Crippen molar-refractivity contribution in [3.63, 3.8) is 0 Å². The molecule has 2 rings (SSSR count). The fourth-order valence-electron chi connectivity index (χ4n) is 2.43. The van der Waals surface area contributed by atoms with Crippen LogP contribution >= 0.6 is 0 Å². The fourth-order valence-corrected chi connectivity index (χ4v) is 2.43. The maximum absolute atomic E-state index is 11.9. The standard InChI is InChI=1S/C16H20N2O4/c1-2-3-7-14(19)17-12-5-4-6-13(9-12)18-10-11(16(21)22)8-15(18)20/h4-6,9,11H,2-3,7-8,10H2,1H3,(H,17,19)(H,21,22)/t11-/m0/s1. The SMILES string of the molecule is CCCCC(=O)Nc1cccc(N2C[C@@H](C(=O)O)CC2=O)c1. The Morgan fingerprint density at radius 2 is 2.18 bits per heavy atom. The Morgan fingerprint density at radius 3 is 2.82 bits per heavy atom. The minimum atomic E-state index is -0.958. The molecule has 1 fully saturated rings. The van der Waals surface area contributed by atoms with Crippen LogP contribution in [0.25, 0.3) is 0 Å². The van der Waals surface area contributed by atoms with Crippen molar-refractivity contribution in [1.29, 1.82) is 0 Å². The van der Waals surface area contributed by atoms with Gasteiger partial charge in [0.2, 0.25) is 11.8 Å². The van der Waals surface area contributed by atoms with Crippen molar-refractivity contribution in [3.05, 3.63) is 24.3 Å². The highest BCUT2D eigenvalue weighted by atomic mass is 16.4. The molecule has 22 heavy (non-hydrogen) atoms. The summed E-state index contributed by atoms with van der Waals surface area (Å²) < 4.78 is 0. The number of hydrogen-bond donors (Lipinski definition) is 2. The van der Waals surface area contributed by atoms with Crippen LogP contribution in [-0.4, -0.2) is 29.4 Å². The minimum absolute atomic E-state index is 0.0163. The van der Waals surface area contributed by atoms with E-state index in [0.717, 1.165) is 12.8 Å². The molecule has 1 aromatic rings. The van der Waals surface area contributed by atoms with Crippen LogP contribution in [0.5, 0.6) is 0 Å². The van der Waals surface area contributed by atoms with Crippen molar-refractivity contribution < 1.29 is 19.5 Å². The first-order chi connectivity index (χ1) is 10.5. The molecule has 1 aliphatic heterocycles. The zero-order valence-electron chi connectivity index (χ0n) is 12.5. The number of carboxylic acid groups (broad SMARTS) is 1. The molecule has 0 radical (unpaired) electrons. The third-order valence-corrected chi connectivity index (χ3v) is 3.67. The summed E-state index contributed by atoms with van der Waals surface area (Å²) in [5.41, 5.74) is 1.23. The van der Waals surface area contributed by atoms with Gasteiger partial charge in [0.05, 0.1) is 5.92 Å². The molecule has 0 spiro atoms. The lowest BCUT2D eigenvalue weighted by Crippen LogP contribution is -2.25. The summed E-state index contributed by atoms with van der Waals surface area (Å²) >= 11 is 0. The molecule has 6 heteroatoms. The van der Waals surface area contributed by atoms with Crippen molar-refractivity contribution in [2.45, 2.75) is 32.6 Å². The summed E-state index contributed by atoms with van der Waals surface area (Å²) in [5, 5.41) is 11.8. The van der Waals surface area contributed by atoms with E-state index in [1.165, 1.54) is 4.90 Å². The molecular weight excluding hydrogens is 284 g/mol. The van der Waals surface area contributed by atoms with Gasteiger partial charge in [-0.3, -0.25) is 14.4 Å². The molecule has 118 valence electrons. The number of anilines is 2. The highest BCUT2D eigenvalue weighted by Crippen LogP contribution is 2.27. The van der Waals surface area contributed by atoms with Gasteiger partial charge in [0, 0.05) is 30.8 Å². The van der Waals surface area contributed by atoms with Crippen LogP contribution in [0.2, 0.25) is 0 Å². The summed E-state index contributed by atoms with van der Waals surface area (Å²) in [6, 6.07) is 6.94. The van der Waals surface area contributed by atoms with Crippen LogP contribution < -0.4 is 10.2 Å². The second-order valence-corrected chi connectivity index (χ2v) is 5.45. The molecule has 0 aliphatic carbocycles. The number of carbonyl (C=O) groups is 3. The van der Waals surface area contributed by atoms with Crippen LogP contribution in [-0.2, 0) is 14.4 Å². The summed E-state index contributed by atoms with van der Waals surface area (Å²) in [7, 11) is 0. The molecule has 1 aromatic carbocycles. The molecule has 1 saturated heterocycles. The second kappa shape index (κ2) is 7.06. The molecule has 1 aliphatic rings. The van der Waals surface area contributed by atoms with Gasteiger partial charge < -0.3 is 15.3 Å². The summed E-state index contributed by atoms with van der Waals surface area (Å²) in [6.45, 7) is 2.19. The van der Waals surface area contributed by atoms with Crippen LogP contribution in [0, 0.1) is 5.92 Å². The van der Waals surface area contributed by atoms with Crippen LogP contribution in [0.4, 0.5) is 11.4 Å². The number of nitrogens with zero attached hydrogens (tertiary/aromatic N) is 1. The summed E-state index contributed by atoms with van der Waals surface area (Å²) in [4.78, 5) is 36.1. The van der Waals surface area contributed by atoms with E-state index in [4.69, 9.17) is 5.11 Å². The normalized spacial score (nSPS) is 17.6. The Hall–Kier alpha value is -2.37. The summed E-state index contributed by atoms with van der Waals surface area (Å²) in [5.74, 6) is -1.90. The van der Waals surface area contributed by atoms with E-state index in [-0.39, 0.29) is 24.8 Å². The van der Waals surface area contributed by atoms with Gasteiger partial charge in [-0.25, -0.2) is 0 Å². The molecule has 6 nitrogen and oxygen atoms in total. The Balaban J connectivity index is 2.07. The van der Waals surface area contributed by atoms with Gasteiger partial charge in [-0.2, -0.15) is 0 Å². The lowest BCUT2D eigenvalue weighted by molar-refractivity contribution is -0.141. The monoisotopic (exact) mass is 304 g/mol. The van der Waals surface area contributed by atoms with Crippen LogP contribution in [0.1, 0.15) is 32.6 Å². The number of nitrogens with one attached hydrogen (secondary N) is 1. The second-order valence-electron chi connectivity index (χ2n) is 5.45. The first-order valence-electron chi connectivity index (χ1n) is 7.44. The van der Waals surface area contributed by atoms with Crippen molar-refractivity contribution in [1.82, 2.24) is 0 Å². The Bertz CT molecular complexity index is 585. The Kier molecular flexibility index (Phi) is 5.14. The average Bonchev–Trinajstić information content (AvgIpc) is 2.87. The molecule has 0 unspecified atom stereocenters. The van der Waals surface area contributed by atoms with Gasteiger partial charge in [0.1, 0.15) is 0 Å². The number of rotatable bonds is 6. The zero-order chi connectivity index (χ0) is 16.1.